The first-order valence-electron chi connectivity index (χ1n) is 6.29. The summed E-state index contributed by atoms with van der Waals surface area (Å²) in [6.45, 7) is 3.86. The number of rotatable bonds is 6. The highest BCUT2D eigenvalue weighted by atomic mass is 19.1. The summed E-state index contributed by atoms with van der Waals surface area (Å²) < 4.78 is 26.2. The summed E-state index contributed by atoms with van der Waals surface area (Å²) in [4.78, 5) is 11.5. The molecule has 0 radical (unpaired) electrons. The second kappa shape index (κ2) is 7.19. The van der Waals surface area contributed by atoms with Crippen molar-refractivity contribution in [1.29, 1.82) is 0 Å². The SMILES string of the molecule is CC(C)C(O)CNC(=O)CCc1cc(F)ccc1F. The summed E-state index contributed by atoms with van der Waals surface area (Å²) in [6.07, 6.45) is -0.409. The molecule has 106 valence electrons. The Morgan fingerprint density at radius 3 is 2.68 bits per heavy atom. The first-order chi connectivity index (χ1) is 8.90. The van der Waals surface area contributed by atoms with Gasteiger partial charge in [0.05, 0.1) is 6.10 Å². The van der Waals surface area contributed by atoms with Gasteiger partial charge in [-0.05, 0) is 36.1 Å². The number of benzene rings is 1. The maximum Gasteiger partial charge on any atom is 0.220 e. The predicted molar refractivity (Wildman–Crippen MR) is 68.5 cm³/mol. The quantitative estimate of drug-likeness (QED) is 0.831. The van der Waals surface area contributed by atoms with Gasteiger partial charge in [0.25, 0.3) is 0 Å². The molecule has 0 aliphatic rings. The van der Waals surface area contributed by atoms with E-state index in [9.17, 15) is 18.7 Å². The average molecular weight is 271 g/mol. The average Bonchev–Trinajstić information content (AvgIpc) is 2.36. The Bertz CT molecular complexity index is 435. The molecule has 1 unspecified atom stereocenters. The Morgan fingerprint density at radius 1 is 1.37 bits per heavy atom. The van der Waals surface area contributed by atoms with Crippen LogP contribution in [-0.2, 0) is 11.2 Å². The van der Waals surface area contributed by atoms with Crippen LogP contribution in [-0.4, -0.2) is 23.7 Å². The predicted octanol–water partition coefficient (Wildman–Crippen LogP) is 2.03. The van der Waals surface area contributed by atoms with Crippen LogP contribution < -0.4 is 5.32 Å². The zero-order valence-corrected chi connectivity index (χ0v) is 11.1. The Morgan fingerprint density at radius 2 is 2.05 bits per heavy atom. The molecule has 19 heavy (non-hydrogen) atoms. The van der Waals surface area contributed by atoms with Crippen LogP contribution in [0.3, 0.4) is 0 Å². The van der Waals surface area contributed by atoms with Gasteiger partial charge in [0.15, 0.2) is 0 Å². The molecule has 0 fully saturated rings. The number of hydrogen-bond donors (Lipinski definition) is 2. The third kappa shape index (κ3) is 5.34. The normalized spacial score (nSPS) is 12.5. The van der Waals surface area contributed by atoms with E-state index in [0.717, 1.165) is 18.2 Å². The van der Waals surface area contributed by atoms with E-state index in [-0.39, 0.29) is 36.8 Å². The van der Waals surface area contributed by atoms with E-state index >= 15 is 0 Å². The van der Waals surface area contributed by atoms with Crippen molar-refractivity contribution < 1.29 is 18.7 Å². The van der Waals surface area contributed by atoms with Gasteiger partial charge in [-0.25, -0.2) is 8.78 Å². The van der Waals surface area contributed by atoms with Crippen LogP contribution in [0.25, 0.3) is 0 Å². The van der Waals surface area contributed by atoms with Crippen molar-refractivity contribution in [3.63, 3.8) is 0 Å². The van der Waals surface area contributed by atoms with Crippen molar-refractivity contribution in [2.45, 2.75) is 32.8 Å². The van der Waals surface area contributed by atoms with Crippen LogP contribution in [0.2, 0.25) is 0 Å². The number of amides is 1. The van der Waals surface area contributed by atoms with E-state index < -0.39 is 17.7 Å². The number of nitrogens with one attached hydrogen (secondary N) is 1. The molecule has 5 heteroatoms. The fourth-order valence-corrected chi connectivity index (χ4v) is 1.53. The van der Waals surface area contributed by atoms with Crippen LogP contribution >= 0.6 is 0 Å². The molecule has 0 aliphatic heterocycles. The second-order valence-corrected chi connectivity index (χ2v) is 4.85. The largest absolute Gasteiger partial charge is 0.391 e. The molecule has 0 spiro atoms. The van der Waals surface area contributed by atoms with E-state index in [0.29, 0.717) is 0 Å². The van der Waals surface area contributed by atoms with Gasteiger partial charge in [-0.3, -0.25) is 4.79 Å². The van der Waals surface area contributed by atoms with Gasteiger partial charge in [0.1, 0.15) is 11.6 Å². The molecular formula is C14H19F2NO2. The van der Waals surface area contributed by atoms with Crippen molar-refractivity contribution in [3.05, 3.63) is 35.4 Å². The lowest BCUT2D eigenvalue weighted by Gasteiger charge is -2.15. The molecule has 0 aromatic heterocycles. The van der Waals surface area contributed by atoms with Gasteiger partial charge in [0.2, 0.25) is 5.91 Å². The topological polar surface area (TPSA) is 49.3 Å². The second-order valence-electron chi connectivity index (χ2n) is 4.85. The van der Waals surface area contributed by atoms with Crippen LogP contribution in [0.4, 0.5) is 8.78 Å². The minimum atomic E-state index is -0.602. The zero-order valence-electron chi connectivity index (χ0n) is 11.1. The number of aliphatic hydroxyl groups is 1. The molecule has 0 heterocycles. The third-order valence-electron chi connectivity index (χ3n) is 2.91. The van der Waals surface area contributed by atoms with Crippen molar-refractivity contribution in [2.75, 3.05) is 6.54 Å². The number of aryl methyl sites for hydroxylation is 1. The summed E-state index contributed by atoms with van der Waals surface area (Å²) in [5.41, 5.74) is 0.180. The minimum absolute atomic E-state index is 0.0564. The van der Waals surface area contributed by atoms with Gasteiger partial charge < -0.3 is 10.4 Å². The van der Waals surface area contributed by atoms with Gasteiger partial charge in [0, 0.05) is 13.0 Å². The molecule has 2 N–H and O–H groups in total. The Labute approximate surface area is 111 Å². The van der Waals surface area contributed by atoms with Crippen molar-refractivity contribution in [1.82, 2.24) is 5.32 Å². The zero-order chi connectivity index (χ0) is 14.4. The molecule has 0 bridgehead atoms. The van der Waals surface area contributed by atoms with Gasteiger partial charge in [-0.2, -0.15) is 0 Å². The Kier molecular flexibility index (Phi) is 5.89. The Balaban J connectivity index is 2.40. The lowest BCUT2D eigenvalue weighted by Crippen LogP contribution is -2.34. The van der Waals surface area contributed by atoms with E-state index in [4.69, 9.17) is 0 Å². The Hall–Kier alpha value is -1.49. The van der Waals surface area contributed by atoms with Crippen molar-refractivity contribution >= 4 is 5.91 Å². The molecule has 0 aliphatic carbocycles. The van der Waals surface area contributed by atoms with Crippen molar-refractivity contribution in [2.24, 2.45) is 5.92 Å². The maximum atomic E-state index is 13.3. The van der Waals surface area contributed by atoms with Crippen LogP contribution in [0.1, 0.15) is 25.8 Å². The fraction of sp³-hybridized carbons (Fsp3) is 0.500. The standard InChI is InChI=1S/C14H19F2NO2/c1-9(2)13(18)8-17-14(19)6-3-10-7-11(15)4-5-12(10)16/h4-5,7,9,13,18H,3,6,8H2,1-2H3,(H,17,19). The minimum Gasteiger partial charge on any atom is -0.391 e. The van der Waals surface area contributed by atoms with E-state index in [1.807, 2.05) is 13.8 Å². The molecule has 1 aromatic carbocycles. The van der Waals surface area contributed by atoms with E-state index in [1.165, 1.54) is 0 Å². The van der Waals surface area contributed by atoms with Crippen LogP contribution in [0.5, 0.6) is 0 Å². The highest BCUT2D eigenvalue weighted by Gasteiger charge is 2.11. The molecule has 1 amide bonds. The summed E-state index contributed by atoms with van der Waals surface area (Å²) in [7, 11) is 0. The lowest BCUT2D eigenvalue weighted by atomic mass is 10.1. The highest BCUT2D eigenvalue weighted by molar-refractivity contribution is 5.76. The first-order valence-corrected chi connectivity index (χ1v) is 6.29. The monoisotopic (exact) mass is 271 g/mol. The summed E-state index contributed by atoms with van der Waals surface area (Å²) in [5.74, 6) is -1.27. The van der Waals surface area contributed by atoms with Gasteiger partial charge >= 0.3 is 0 Å². The molecule has 3 nitrogen and oxygen atoms in total. The van der Waals surface area contributed by atoms with Crippen LogP contribution in [0, 0.1) is 17.6 Å². The first kappa shape index (κ1) is 15.6. The van der Waals surface area contributed by atoms with E-state index in [2.05, 4.69) is 5.32 Å². The fourth-order valence-electron chi connectivity index (χ4n) is 1.53. The molecular weight excluding hydrogens is 252 g/mol. The van der Waals surface area contributed by atoms with E-state index in [1.54, 1.807) is 0 Å². The number of carbonyl (C=O) groups is 1. The maximum absolute atomic E-state index is 13.3. The summed E-state index contributed by atoms with van der Waals surface area (Å²) in [5, 5.41) is 12.1. The van der Waals surface area contributed by atoms with Gasteiger partial charge in [-0.15, -0.1) is 0 Å². The van der Waals surface area contributed by atoms with Crippen molar-refractivity contribution in [3.8, 4) is 0 Å². The summed E-state index contributed by atoms with van der Waals surface area (Å²) in [6, 6.07) is 3.18. The number of hydrogen-bond acceptors (Lipinski definition) is 2. The smallest absolute Gasteiger partial charge is 0.220 e. The summed E-state index contributed by atoms with van der Waals surface area (Å²) >= 11 is 0. The molecule has 1 atom stereocenters. The molecule has 1 aromatic rings. The lowest BCUT2D eigenvalue weighted by molar-refractivity contribution is -0.121. The molecule has 1 rings (SSSR count). The number of halogens is 2. The number of carbonyl (C=O) groups excluding carboxylic acids is 1. The third-order valence-corrected chi connectivity index (χ3v) is 2.91. The molecule has 0 saturated heterocycles. The van der Waals surface area contributed by atoms with Gasteiger partial charge in [-0.1, -0.05) is 13.8 Å². The molecule has 0 saturated carbocycles. The van der Waals surface area contributed by atoms with Crippen LogP contribution in [0.15, 0.2) is 18.2 Å². The number of aliphatic hydroxyl groups excluding tert-OH is 1. The highest BCUT2D eigenvalue weighted by Crippen LogP contribution is 2.11.